The Kier molecular flexibility index (Phi) is 3.10. The molecular weight excluding hydrogens is 210 g/mol. The largest absolute Gasteiger partial charge is 0.331 e. The number of piperidine rings is 1. The number of hydrogen-bond acceptors (Lipinski definition) is 3. The van der Waals surface area contributed by atoms with Crippen LogP contribution in [0, 0.1) is 0 Å². The Morgan fingerprint density at radius 2 is 2.12 bits per heavy atom. The summed E-state index contributed by atoms with van der Waals surface area (Å²) < 4.78 is 0. The zero-order valence-electron chi connectivity index (χ0n) is 10.1. The Morgan fingerprint density at radius 3 is 2.88 bits per heavy atom. The molecule has 1 aromatic rings. The van der Waals surface area contributed by atoms with Gasteiger partial charge in [0.25, 0.3) is 0 Å². The van der Waals surface area contributed by atoms with Crippen molar-refractivity contribution in [1.29, 1.82) is 0 Å². The van der Waals surface area contributed by atoms with Crippen LogP contribution in [0.1, 0.15) is 24.3 Å². The van der Waals surface area contributed by atoms with Gasteiger partial charge in [0, 0.05) is 12.2 Å². The predicted molar refractivity (Wildman–Crippen MR) is 72.0 cm³/mol. The molecule has 0 amide bonds. The smallest absolute Gasteiger partial charge is 0.0895 e. The van der Waals surface area contributed by atoms with Gasteiger partial charge in [0.05, 0.1) is 12.9 Å². The fourth-order valence-electron chi connectivity index (χ4n) is 2.69. The highest BCUT2D eigenvalue weighted by Gasteiger charge is 2.16. The molecule has 2 heterocycles. The molecule has 1 saturated heterocycles. The van der Waals surface area contributed by atoms with Gasteiger partial charge >= 0.3 is 0 Å². The first-order chi connectivity index (χ1) is 8.43. The highest BCUT2D eigenvalue weighted by Crippen LogP contribution is 2.28. The molecule has 0 radical (unpaired) electrons. The first kappa shape index (κ1) is 10.8. The molecule has 1 fully saturated rings. The van der Waals surface area contributed by atoms with Gasteiger partial charge < -0.3 is 10.2 Å². The third-order valence-corrected chi connectivity index (χ3v) is 3.70. The summed E-state index contributed by atoms with van der Waals surface area (Å²) in [6, 6.07) is 8.97. The van der Waals surface area contributed by atoms with Gasteiger partial charge in [0.15, 0.2) is 0 Å². The monoisotopic (exact) mass is 229 g/mol. The number of benzene rings is 1. The molecule has 3 heteroatoms. The van der Waals surface area contributed by atoms with Crippen molar-refractivity contribution in [3.8, 4) is 0 Å². The van der Waals surface area contributed by atoms with Crippen molar-refractivity contribution in [1.82, 2.24) is 5.32 Å². The highest BCUT2D eigenvalue weighted by molar-refractivity contribution is 5.81. The second kappa shape index (κ2) is 4.88. The van der Waals surface area contributed by atoms with Crippen molar-refractivity contribution in [2.45, 2.75) is 18.8 Å². The van der Waals surface area contributed by atoms with E-state index >= 15 is 0 Å². The second-order valence-electron chi connectivity index (χ2n) is 4.83. The lowest BCUT2D eigenvalue weighted by atomic mass is 9.90. The molecule has 3 rings (SSSR count). The van der Waals surface area contributed by atoms with Crippen molar-refractivity contribution in [2.24, 2.45) is 4.99 Å². The molecule has 1 N–H and O–H groups in total. The zero-order chi connectivity index (χ0) is 11.5. The highest BCUT2D eigenvalue weighted by atomic mass is 15.2. The average molecular weight is 229 g/mol. The topological polar surface area (TPSA) is 27.6 Å². The summed E-state index contributed by atoms with van der Waals surface area (Å²) >= 11 is 0. The summed E-state index contributed by atoms with van der Waals surface area (Å²) in [6.07, 6.45) is 4.48. The molecule has 90 valence electrons. The summed E-state index contributed by atoms with van der Waals surface area (Å²) in [5.74, 6) is 0.732. The van der Waals surface area contributed by atoms with Gasteiger partial charge in [-0.1, -0.05) is 12.1 Å². The van der Waals surface area contributed by atoms with Crippen LogP contribution >= 0.6 is 0 Å². The molecule has 0 unspecified atom stereocenters. The number of nitrogens with one attached hydrogen (secondary N) is 1. The first-order valence-electron chi connectivity index (χ1n) is 6.51. The van der Waals surface area contributed by atoms with Crippen LogP contribution in [0.3, 0.4) is 0 Å². The quantitative estimate of drug-likeness (QED) is 0.840. The lowest BCUT2D eigenvalue weighted by Crippen LogP contribution is -2.26. The van der Waals surface area contributed by atoms with Crippen molar-refractivity contribution >= 4 is 12.0 Å². The van der Waals surface area contributed by atoms with Crippen LogP contribution in [0.15, 0.2) is 29.3 Å². The van der Waals surface area contributed by atoms with E-state index in [1.165, 1.54) is 24.1 Å². The van der Waals surface area contributed by atoms with Crippen LogP contribution in [0.2, 0.25) is 0 Å². The van der Waals surface area contributed by atoms with E-state index < -0.39 is 0 Å². The van der Waals surface area contributed by atoms with Crippen LogP contribution in [0.4, 0.5) is 5.69 Å². The minimum Gasteiger partial charge on any atom is -0.331 e. The third kappa shape index (κ3) is 2.34. The average Bonchev–Trinajstić information content (AvgIpc) is 2.94. The van der Waals surface area contributed by atoms with E-state index in [2.05, 4.69) is 39.5 Å². The van der Waals surface area contributed by atoms with Crippen LogP contribution in [-0.4, -0.2) is 32.5 Å². The number of rotatable bonds is 2. The van der Waals surface area contributed by atoms with Gasteiger partial charge in [-0.2, -0.15) is 0 Å². The van der Waals surface area contributed by atoms with Gasteiger partial charge in [-0.15, -0.1) is 0 Å². The van der Waals surface area contributed by atoms with Crippen molar-refractivity contribution in [3.05, 3.63) is 29.8 Å². The minimum absolute atomic E-state index is 0.732. The van der Waals surface area contributed by atoms with Crippen molar-refractivity contribution < 1.29 is 0 Å². The summed E-state index contributed by atoms with van der Waals surface area (Å²) in [5.41, 5.74) is 2.78. The van der Waals surface area contributed by atoms with Gasteiger partial charge in [-0.05, 0) is 49.5 Å². The summed E-state index contributed by atoms with van der Waals surface area (Å²) in [4.78, 5) is 6.51. The number of anilines is 1. The maximum atomic E-state index is 4.27. The Balaban J connectivity index is 1.80. The molecule has 0 atom stereocenters. The van der Waals surface area contributed by atoms with Crippen molar-refractivity contribution in [3.63, 3.8) is 0 Å². The fourth-order valence-corrected chi connectivity index (χ4v) is 2.69. The summed E-state index contributed by atoms with van der Waals surface area (Å²) in [7, 11) is 0. The molecule has 0 bridgehead atoms. The first-order valence-corrected chi connectivity index (χ1v) is 6.51. The molecule has 0 spiro atoms. The van der Waals surface area contributed by atoms with Gasteiger partial charge in [-0.25, -0.2) is 0 Å². The zero-order valence-corrected chi connectivity index (χ0v) is 10.1. The van der Waals surface area contributed by atoms with E-state index in [1.807, 2.05) is 6.34 Å². The lowest BCUT2D eigenvalue weighted by Gasteiger charge is -2.24. The normalized spacial score (nSPS) is 21.1. The molecule has 17 heavy (non-hydrogen) atoms. The Morgan fingerprint density at radius 1 is 1.24 bits per heavy atom. The maximum absolute atomic E-state index is 4.27. The van der Waals surface area contributed by atoms with E-state index in [-0.39, 0.29) is 0 Å². The number of aliphatic imine (C=N–C) groups is 1. The molecule has 2 aliphatic heterocycles. The Bertz CT molecular complexity index is 408. The van der Waals surface area contributed by atoms with Crippen LogP contribution in [0.5, 0.6) is 0 Å². The molecule has 0 aromatic heterocycles. The number of hydrogen-bond donors (Lipinski definition) is 1. The van der Waals surface area contributed by atoms with Gasteiger partial charge in [-0.3, -0.25) is 4.99 Å². The van der Waals surface area contributed by atoms with E-state index in [9.17, 15) is 0 Å². The summed E-state index contributed by atoms with van der Waals surface area (Å²) in [5, 5.41) is 3.42. The van der Waals surface area contributed by atoms with Crippen LogP contribution in [0.25, 0.3) is 0 Å². The minimum atomic E-state index is 0.732. The second-order valence-corrected chi connectivity index (χ2v) is 4.83. The predicted octanol–water partition coefficient (Wildman–Crippen LogP) is 2.00. The van der Waals surface area contributed by atoms with Crippen molar-refractivity contribution in [2.75, 3.05) is 31.1 Å². The van der Waals surface area contributed by atoms with Gasteiger partial charge in [0.2, 0.25) is 0 Å². The molecule has 0 saturated carbocycles. The van der Waals surface area contributed by atoms with E-state index in [4.69, 9.17) is 0 Å². The lowest BCUT2D eigenvalue weighted by molar-refractivity contribution is 0.460. The third-order valence-electron chi connectivity index (χ3n) is 3.70. The number of nitrogens with zero attached hydrogens (tertiary/aromatic N) is 2. The fraction of sp³-hybridized carbons (Fsp3) is 0.500. The molecule has 2 aliphatic rings. The van der Waals surface area contributed by atoms with Crippen LogP contribution < -0.4 is 10.2 Å². The SMILES string of the molecule is C1=NCCN1c1cccc(C2CCNCC2)c1. The Labute approximate surface area is 103 Å². The molecule has 0 aliphatic carbocycles. The molecule has 3 nitrogen and oxygen atoms in total. The molecular formula is C14H19N3. The summed E-state index contributed by atoms with van der Waals surface area (Å²) in [6.45, 7) is 4.26. The Hall–Kier alpha value is -1.35. The van der Waals surface area contributed by atoms with E-state index in [1.54, 1.807) is 0 Å². The van der Waals surface area contributed by atoms with E-state index in [0.717, 1.165) is 32.1 Å². The van der Waals surface area contributed by atoms with Gasteiger partial charge in [0.1, 0.15) is 0 Å². The molecule has 1 aromatic carbocycles. The van der Waals surface area contributed by atoms with E-state index in [0.29, 0.717) is 0 Å². The standard InChI is InChI=1S/C14H19N3/c1-2-13(12-4-6-15-7-5-12)10-14(3-1)17-9-8-16-11-17/h1-3,10-12,15H,4-9H2. The van der Waals surface area contributed by atoms with Crippen LogP contribution in [-0.2, 0) is 0 Å². The maximum Gasteiger partial charge on any atom is 0.0895 e.